The number of benzene rings is 1. The van der Waals surface area contributed by atoms with E-state index in [1.807, 2.05) is 0 Å². The minimum atomic E-state index is -0.506. The van der Waals surface area contributed by atoms with Gasteiger partial charge < -0.3 is 19.7 Å². The Bertz CT molecular complexity index is 798. The molecular formula is C38H66O6S2. The fourth-order valence-electron chi connectivity index (χ4n) is 5.25. The highest BCUT2D eigenvalue weighted by Crippen LogP contribution is 2.17. The molecule has 0 fully saturated rings. The molecule has 0 amide bonds. The third-order valence-corrected chi connectivity index (χ3v) is 10.4. The summed E-state index contributed by atoms with van der Waals surface area (Å²) >= 11 is 3.55. The number of thioether (sulfide) groups is 2. The van der Waals surface area contributed by atoms with Crippen molar-refractivity contribution in [1.82, 2.24) is 0 Å². The number of carbonyl (C=O) groups excluding carboxylic acids is 2. The van der Waals surface area contributed by atoms with E-state index in [2.05, 4.69) is 13.8 Å². The van der Waals surface area contributed by atoms with Gasteiger partial charge in [-0.05, 0) is 73.7 Å². The van der Waals surface area contributed by atoms with E-state index in [0.29, 0.717) is 13.2 Å². The molecule has 1 rings (SSSR count). The average molecular weight is 683 g/mol. The quantitative estimate of drug-likeness (QED) is 0.0573. The zero-order chi connectivity index (χ0) is 33.5. The van der Waals surface area contributed by atoms with Gasteiger partial charge in [-0.2, -0.15) is 23.5 Å². The summed E-state index contributed by atoms with van der Waals surface area (Å²) in [6.45, 7) is 5.05. The second-order valence-corrected chi connectivity index (χ2v) is 14.9. The van der Waals surface area contributed by atoms with Crippen LogP contribution in [0.15, 0.2) is 24.3 Å². The molecule has 1 aromatic rings. The second kappa shape index (κ2) is 31.1. The monoisotopic (exact) mass is 682 g/mol. The Hall–Kier alpha value is -1.22. The summed E-state index contributed by atoms with van der Waals surface area (Å²) in [5.41, 5.74) is 0.468. The number of hydrogen-bond donors (Lipinski definition) is 2. The van der Waals surface area contributed by atoms with Crippen molar-refractivity contribution in [1.29, 1.82) is 0 Å². The maximum Gasteiger partial charge on any atom is 0.339 e. The maximum atomic E-state index is 12.7. The van der Waals surface area contributed by atoms with Crippen LogP contribution in [0.2, 0.25) is 0 Å². The molecule has 8 heteroatoms. The van der Waals surface area contributed by atoms with E-state index in [0.717, 1.165) is 74.4 Å². The Kier molecular flexibility index (Phi) is 28.9. The van der Waals surface area contributed by atoms with Crippen LogP contribution < -0.4 is 0 Å². The van der Waals surface area contributed by atoms with Crippen LogP contribution in [0.25, 0.3) is 0 Å². The average Bonchev–Trinajstić information content (AvgIpc) is 3.06. The van der Waals surface area contributed by atoms with E-state index >= 15 is 0 Å². The zero-order valence-electron chi connectivity index (χ0n) is 29.2. The number of aliphatic hydroxyl groups excluding tert-OH is 2. The van der Waals surface area contributed by atoms with Crippen LogP contribution in [0.3, 0.4) is 0 Å². The Morgan fingerprint density at radius 2 is 0.913 bits per heavy atom. The van der Waals surface area contributed by atoms with Gasteiger partial charge in [-0.3, -0.25) is 0 Å². The summed E-state index contributed by atoms with van der Waals surface area (Å²) in [6.07, 6.45) is 22.1. The zero-order valence-corrected chi connectivity index (χ0v) is 30.8. The molecule has 266 valence electrons. The van der Waals surface area contributed by atoms with Crippen molar-refractivity contribution in [2.24, 2.45) is 0 Å². The molecule has 2 N–H and O–H groups in total. The lowest BCUT2D eigenvalue weighted by Crippen LogP contribution is -2.15. The van der Waals surface area contributed by atoms with Gasteiger partial charge in [-0.25, -0.2) is 9.59 Å². The molecule has 0 heterocycles. The number of ether oxygens (including phenoxy) is 2. The number of carbonyl (C=O) groups is 2. The van der Waals surface area contributed by atoms with Gasteiger partial charge in [0.1, 0.15) is 0 Å². The maximum absolute atomic E-state index is 12.7. The molecular weight excluding hydrogens is 617 g/mol. The van der Waals surface area contributed by atoms with E-state index < -0.39 is 11.9 Å². The Labute approximate surface area is 289 Å². The molecule has 0 spiro atoms. The summed E-state index contributed by atoms with van der Waals surface area (Å²) < 4.78 is 10.9. The fraction of sp³-hybridized carbons (Fsp3) is 0.789. The van der Waals surface area contributed by atoms with Gasteiger partial charge in [0.2, 0.25) is 0 Å². The van der Waals surface area contributed by atoms with Crippen LogP contribution in [0, 0.1) is 0 Å². The molecule has 0 aliphatic rings. The molecule has 0 aliphatic carbocycles. The molecule has 6 nitrogen and oxygen atoms in total. The Morgan fingerprint density at radius 3 is 1.30 bits per heavy atom. The smallest absolute Gasteiger partial charge is 0.339 e. The van der Waals surface area contributed by atoms with Gasteiger partial charge in [0.05, 0.1) is 36.5 Å². The van der Waals surface area contributed by atoms with Crippen LogP contribution in [0.4, 0.5) is 0 Å². The Morgan fingerprint density at radius 1 is 0.543 bits per heavy atom. The normalized spacial score (nSPS) is 12.6. The standard InChI is InChI=1S/C38H66O6S2/c1-3-5-7-9-11-13-15-21-33(39)25-31-45-29-19-27-43-37(41)35-23-17-18-24-36(35)38(42)44-28-20-30-46-32-26-34(40)22-16-14-12-10-8-6-4-2/h17-18,23-24,33-34,39-40H,3-16,19-22,25-32H2,1-2H3. The van der Waals surface area contributed by atoms with Crippen LogP contribution in [-0.4, -0.2) is 70.6 Å². The number of aliphatic hydroxyl groups is 2. The van der Waals surface area contributed by atoms with Crippen molar-refractivity contribution < 1.29 is 29.3 Å². The van der Waals surface area contributed by atoms with E-state index in [1.54, 1.807) is 47.8 Å². The molecule has 1 aromatic carbocycles. The van der Waals surface area contributed by atoms with Gasteiger partial charge in [-0.1, -0.05) is 116 Å². The molecule has 0 saturated carbocycles. The third-order valence-electron chi connectivity index (χ3n) is 8.17. The number of hydrogen-bond acceptors (Lipinski definition) is 8. The molecule has 0 aliphatic heterocycles. The minimum absolute atomic E-state index is 0.223. The van der Waals surface area contributed by atoms with Crippen molar-refractivity contribution in [3.63, 3.8) is 0 Å². The number of esters is 2. The van der Waals surface area contributed by atoms with E-state index in [1.165, 1.54) is 77.0 Å². The van der Waals surface area contributed by atoms with Crippen LogP contribution >= 0.6 is 23.5 Å². The molecule has 0 saturated heterocycles. The number of unbranched alkanes of at least 4 members (excludes halogenated alkanes) is 12. The summed E-state index contributed by atoms with van der Waals surface area (Å²) in [5, 5.41) is 20.4. The van der Waals surface area contributed by atoms with E-state index in [9.17, 15) is 19.8 Å². The van der Waals surface area contributed by atoms with Gasteiger partial charge >= 0.3 is 11.9 Å². The summed E-state index contributed by atoms with van der Waals surface area (Å²) in [4.78, 5) is 25.4. The van der Waals surface area contributed by atoms with Crippen molar-refractivity contribution in [2.45, 2.75) is 154 Å². The van der Waals surface area contributed by atoms with Gasteiger partial charge in [0.15, 0.2) is 0 Å². The van der Waals surface area contributed by atoms with Gasteiger partial charge in [-0.15, -0.1) is 0 Å². The van der Waals surface area contributed by atoms with E-state index in [-0.39, 0.29) is 23.3 Å². The van der Waals surface area contributed by atoms with Gasteiger partial charge in [0.25, 0.3) is 0 Å². The highest BCUT2D eigenvalue weighted by molar-refractivity contribution is 7.99. The molecule has 46 heavy (non-hydrogen) atoms. The first-order valence-corrected chi connectivity index (χ1v) is 20.7. The number of rotatable bonds is 32. The SMILES string of the molecule is CCCCCCCCCC(O)CCSCCCOC(=O)c1ccccc1C(=O)OCCCSCCC(O)CCCCCCCCC. The molecule has 2 unspecified atom stereocenters. The molecule has 0 radical (unpaired) electrons. The highest BCUT2D eigenvalue weighted by Gasteiger charge is 2.19. The molecule has 0 bridgehead atoms. The second-order valence-electron chi connectivity index (χ2n) is 12.5. The van der Waals surface area contributed by atoms with E-state index in [4.69, 9.17) is 9.47 Å². The molecule has 0 aromatic heterocycles. The first-order chi connectivity index (χ1) is 22.5. The first kappa shape index (κ1) is 42.8. The fourth-order valence-corrected chi connectivity index (χ4v) is 7.18. The topological polar surface area (TPSA) is 93.1 Å². The first-order valence-electron chi connectivity index (χ1n) is 18.4. The lowest BCUT2D eigenvalue weighted by atomic mass is 10.1. The van der Waals surface area contributed by atoms with Crippen LogP contribution in [0.5, 0.6) is 0 Å². The summed E-state index contributed by atoms with van der Waals surface area (Å²) in [7, 11) is 0. The predicted octanol–water partition coefficient (Wildman–Crippen LogP) is 10.0. The molecule has 2 atom stereocenters. The van der Waals surface area contributed by atoms with Crippen molar-refractivity contribution in [3.05, 3.63) is 35.4 Å². The van der Waals surface area contributed by atoms with Crippen LogP contribution in [-0.2, 0) is 9.47 Å². The third kappa shape index (κ3) is 24.0. The van der Waals surface area contributed by atoms with Crippen molar-refractivity contribution in [3.8, 4) is 0 Å². The van der Waals surface area contributed by atoms with Crippen LogP contribution in [0.1, 0.15) is 163 Å². The van der Waals surface area contributed by atoms with Gasteiger partial charge in [0, 0.05) is 0 Å². The summed E-state index contributed by atoms with van der Waals surface area (Å²) in [6, 6.07) is 6.65. The lowest BCUT2D eigenvalue weighted by Gasteiger charge is -2.11. The highest BCUT2D eigenvalue weighted by atomic mass is 32.2. The summed E-state index contributed by atoms with van der Waals surface area (Å²) in [5.74, 6) is 2.51. The minimum Gasteiger partial charge on any atom is -0.462 e. The van der Waals surface area contributed by atoms with Crippen molar-refractivity contribution >= 4 is 35.5 Å². The Balaban J connectivity index is 2.11. The predicted molar refractivity (Wildman–Crippen MR) is 197 cm³/mol. The largest absolute Gasteiger partial charge is 0.462 e. The van der Waals surface area contributed by atoms with Crippen molar-refractivity contribution in [2.75, 3.05) is 36.2 Å². The lowest BCUT2D eigenvalue weighted by molar-refractivity contribution is 0.0459.